The fourth-order valence-corrected chi connectivity index (χ4v) is 2.83. The first-order valence-electron chi connectivity index (χ1n) is 8.40. The zero-order valence-corrected chi connectivity index (χ0v) is 14.9. The molecule has 0 fully saturated rings. The molecular weight excluding hydrogens is 302 g/mol. The van der Waals surface area contributed by atoms with E-state index in [1.54, 1.807) is 12.5 Å². The predicted octanol–water partition coefficient (Wildman–Crippen LogP) is 3.18. The summed E-state index contributed by atoms with van der Waals surface area (Å²) >= 11 is 0. The molecule has 128 valence electrons. The topological polar surface area (TPSA) is 72.9 Å². The second-order valence-electron chi connectivity index (χ2n) is 6.89. The minimum absolute atomic E-state index is 0.0623. The van der Waals surface area contributed by atoms with Crippen molar-refractivity contribution in [3.05, 3.63) is 36.2 Å². The van der Waals surface area contributed by atoms with E-state index in [0.717, 1.165) is 29.4 Å². The summed E-state index contributed by atoms with van der Waals surface area (Å²) in [5.41, 5.74) is 1.90. The molecular formula is C17H25N7. The Kier molecular flexibility index (Phi) is 4.51. The van der Waals surface area contributed by atoms with E-state index in [2.05, 4.69) is 59.2 Å². The molecule has 3 heterocycles. The van der Waals surface area contributed by atoms with Crippen LogP contribution in [-0.2, 0) is 7.05 Å². The van der Waals surface area contributed by atoms with Gasteiger partial charge in [-0.3, -0.25) is 4.68 Å². The molecule has 3 rings (SSSR count). The number of hydrogen-bond donors (Lipinski definition) is 1. The minimum atomic E-state index is 0.0623. The summed E-state index contributed by atoms with van der Waals surface area (Å²) < 4.78 is 3.67. The highest BCUT2D eigenvalue weighted by molar-refractivity contribution is 5.50. The fourth-order valence-electron chi connectivity index (χ4n) is 2.83. The van der Waals surface area contributed by atoms with Gasteiger partial charge in [0, 0.05) is 24.9 Å². The largest absolute Gasteiger partial charge is 0.360 e. The van der Waals surface area contributed by atoms with Gasteiger partial charge in [-0.2, -0.15) is 14.7 Å². The van der Waals surface area contributed by atoms with Gasteiger partial charge in [0.05, 0.1) is 12.2 Å². The lowest BCUT2D eigenvalue weighted by molar-refractivity contribution is 0.496. The molecule has 0 spiro atoms. The highest BCUT2D eigenvalue weighted by atomic mass is 15.3. The Balaban J connectivity index is 2.01. The Hall–Kier alpha value is -2.44. The molecule has 1 N–H and O–H groups in total. The predicted molar refractivity (Wildman–Crippen MR) is 93.9 cm³/mol. The molecule has 1 atom stereocenters. The maximum atomic E-state index is 4.67. The van der Waals surface area contributed by atoms with Crippen LogP contribution in [0.1, 0.15) is 57.6 Å². The van der Waals surface area contributed by atoms with Crippen molar-refractivity contribution >= 4 is 11.5 Å². The standard InChI is InChI=1S/C17H25N7/c1-11(2)8-14(17-18-10-20-23(17)5)22-16-9-13(12(3)4)21-15-6-7-19-24(15)16/h6-7,9-12,14,22H,8H2,1-5H3/t14-/m1/s1. The van der Waals surface area contributed by atoms with E-state index in [1.165, 1.54) is 0 Å². The normalized spacial score (nSPS) is 13.1. The van der Waals surface area contributed by atoms with Crippen molar-refractivity contribution < 1.29 is 0 Å². The average molecular weight is 327 g/mol. The first-order chi connectivity index (χ1) is 11.5. The Bertz CT molecular complexity index is 815. The number of nitrogens with one attached hydrogen (secondary N) is 1. The number of aryl methyl sites for hydroxylation is 1. The van der Waals surface area contributed by atoms with E-state index in [1.807, 2.05) is 22.3 Å². The molecule has 0 bridgehead atoms. The third-order valence-corrected chi connectivity index (χ3v) is 4.06. The highest BCUT2D eigenvalue weighted by Crippen LogP contribution is 2.26. The summed E-state index contributed by atoms with van der Waals surface area (Å²) in [4.78, 5) is 9.11. The van der Waals surface area contributed by atoms with Gasteiger partial charge in [0.2, 0.25) is 0 Å². The Morgan fingerprint density at radius 3 is 2.58 bits per heavy atom. The maximum Gasteiger partial charge on any atom is 0.157 e. The molecule has 0 aliphatic rings. The van der Waals surface area contributed by atoms with E-state index < -0.39 is 0 Å². The van der Waals surface area contributed by atoms with E-state index in [0.29, 0.717) is 11.8 Å². The summed E-state index contributed by atoms with van der Waals surface area (Å²) in [6.07, 6.45) is 4.33. The van der Waals surface area contributed by atoms with E-state index in [4.69, 9.17) is 0 Å². The summed E-state index contributed by atoms with van der Waals surface area (Å²) in [6.45, 7) is 8.71. The van der Waals surface area contributed by atoms with Crippen LogP contribution in [0.3, 0.4) is 0 Å². The third-order valence-electron chi connectivity index (χ3n) is 4.06. The van der Waals surface area contributed by atoms with Gasteiger partial charge in [-0.05, 0) is 18.3 Å². The van der Waals surface area contributed by atoms with Crippen LogP contribution in [0.25, 0.3) is 5.65 Å². The van der Waals surface area contributed by atoms with Crippen molar-refractivity contribution in [3.63, 3.8) is 0 Å². The van der Waals surface area contributed by atoms with Crippen LogP contribution >= 0.6 is 0 Å². The molecule has 0 amide bonds. The molecule has 0 radical (unpaired) electrons. The van der Waals surface area contributed by atoms with E-state index in [9.17, 15) is 0 Å². The number of fused-ring (bicyclic) bond motifs is 1. The third kappa shape index (κ3) is 3.25. The number of anilines is 1. The molecule has 0 aliphatic carbocycles. The Morgan fingerprint density at radius 1 is 1.17 bits per heavy atom. The zero-order valence-electron chi connectivity index (χ0n) is 14.9. The molecule has 0 saturated carbocycles. The quantitative estimate of drug-likeness (QED) is 0.753. The second-order valence-corrected chi connectivity index (χ2v) is 6.89. The zero-order chi connectivity index (χ0) is 17.3. The van der Waals surface area contributed by atoms with Crippen molar-refractivity contribution in [3.8, 4) is 0 Å². The van der Waals surface area contributed by atoms with Crippen molar-refractivity contribution in [1.29, 1.82) is 0 Å². The molecule has 7 nitrogen and oxygen atoms in total. The molecule has 0 unspecified atom stereocenters. The average Bonchev–Trinajstić information content (AvgIpc) is 3.14. The SMILES string of the molecule is CC(C)C[C@@H](Nc1cc(C(C)C)nc2ccnn12)c1ncnn1C. The lowest BCUT2D eigenvalue weighted by atomic mass is 10.0. The Morgan fingerprint density at radius 2 is 1.96 bits per heavy atom. The fraction of sp³-hybridized carbons (Fsp3) is 0.529. The van der Waals surface area contributed by atoms with Crippen LogP contribution < -0.4 is 5.32 Å². The molecule has 0 aliphatic heterocycles. The lowest BCUT2D eigenvalue weighted by Gasteiger charge is -2.22. The first kappa shape index (κ1) is 16.4. The van der Waals surface area contributed by atoms with Gasteiger partial charge < -0.3 is 5.32 Å². The molecule has 3 aromatic rings. The van der Waals surface area contributed by atoms with Gasteiger partial charge >= 0.3 is 0 Å². The molecule has 0 aromatic carbocycles. The van der Waals surface area contributed by atoms with Crippen LogP contribution in [0.4, 0.5) is 5.82 Å². The molecule has 7 heteroatoms. The molecule has 3 aromatic heterocycles. The van der Waals surface area contributed by atoms with Crippen LogP contribution in [0, 0.1) is 5.92 Å². The van der Waals surface area contributed by atoms with E-state index >= 15 is 0 Å². The van der Waals surface area contributed by atoms with E-state index in [-0.39, 0.29) is 6.04 Å². The second kappa shape index (κ2) is 6.59. The molecule has 24 heavy (non-hydrogen) atoms. The van der Waals surface area contributed by atoms with Gasteiger partial charge in [0.15, 0.2) is 5.65 Å². The van der Waals surface area contributed by atoms with Crippen molar-refractivity contribution in [2.75, 3.05) is 5.32 Å². The van der Waals surface area contributed by atoms with Crippen molar-refractivity contribution in [2.24, 2.45) is 13.0 Å². The highest BCUT2D eigenvalue weighted by Gasteiger charge is 2.20. The first-order valence-corrected chi connectivity index (χ1v) is 8.40. The Labute approximate surface area is 142 Å². The number of nitrogens with zero attached hydrogens (tertiary/aromatic N) is 6. The summed E-state index contributed by atoms with van der Waals surface area (Å²) in [7, 11) is 1.92. The van der Waals surface area contributed by atoms with Crippen LogP contribution in [0.2, 0.25) is 0 Å². The van der Waals surface area contributed by atoms with Crippen molar-refractivity contribution in [1.82, 2.24) is 29.4 Å². The summed E-state index contributed by atoms with van der Waals surface area (Å²) in [5.74, 6) is 2.73. The van der Waals surface area contributed by atoms with Crippen molar-refractivity contribution in [2.45, 2.75) is 46.1 Å². The minimum Gasteiger partial charge on any atom is -0.360 e. The summed E-state index contributed by atoms with van der Waals surface area (Å²) in [5, 5.41) is 12.2. The smallest absolute Gasteiger partial charge is 0.157 e. The lowest BCUT2D eigenvalue weighted by Crippen LogP contribution is -2.20. The molecule has 0 saturated heterocycles. The van der Waals surface area contributed by atoms with Crippen LogP contribution in [-0.4, -0.2) is 29.4 Å². The monoisotopic (exact) mass is 327 g/mol. The van der Waals surface area contributed by atoms with Gasteiger partial charge in [0.1, 0.15) is 18.0 Å². The van der Waals surface area contributed by atoms with Gasteiger partial charge in [0.25, 0.3) is 0 Å². The maximum absolute atomic E-state index is 4.67. The number of rotatable bonds is 6. The van der Waals surface area contributed by atoms with Gasteiger partial charge in [-0.15, -0.1) is 0 Å². The van der Waals surface area contributed by atoms with Crippen LogP contribution in [0.15, 0.2) is 24.7 Å². The van der Waals surface area contributed by atoms with Gasteiger partial charge in [-0.1, -0.05) is 27.7 Å². The van der Waals surface area contributed by atoms with Crippen LogP contribution in [0.5, 0.6) is 0 Å². The number of aromatic nitrogens is 6. The van der Waals surface area contributed by atoms with Gasteiger partial charge in [-0.25, -0.2) is 9.97 Å². The number of hydrogen-bond acceptors (Lipinski definition) is 5. The summed E-state index contributed by atoms with van der Waals surface area (Å²) in [6, 6.07) is 4.07.